The van der Waals surface area contributed by atoms with Gasteiger partial charge in [0.2, 0.25) is 11.8 Å². The smallest absolute Gasteiger partial charge is 0.252 e. The molecule has 1 atom stereocenters. The van der Waals surface area contributed by atoms with Crippen molar-refractivity contribution in [3.05, 3.63) is 35.6 Å². The predicted molar refractivity (Wildman–Crippen MR) is 80.8 cm³/mol. The Labute approximate surface area is 133 Å². The van der Waals surface area contributed by atoms with Crippen LogP contribution in [0, 0.1) is 5.82 Å². The van der Waals surface area contributed by atoms with Gasteiger partial charge in [-0.25, -0.2) is 4.39 Å². The quantitative estimate of drug-likeness (QED) is 0.856. The molecular weight excluding hydrogens is 299 g/mol. The van der Waals surface area contributed by atoms with E-state index in [0.717, 1.165) is 0 Å². The molecule has 1 aromatic carbocycles. The van der Waals surface area contributed by atoms with Gasteiger partial charge in [0.25, 0.3) is 5.91 Å². The van der Waals surface area contributed by atoms with Gasteiger partial charge in [-0.05, 0) is 32.8 Å². The number of hydrogen-bond acceptors (Lipinski definition) is 3. The Morgan fingerprint density at radius 2 is 1.96 bits per heavy atom. The maximum atomic E-state index is 14.0. The zero-order valence-electron chi connectivity index (χ0n) is 13.1. The van der Waals surface area contributed by atoms with Gasteiger partial charge in [-0.2, -0.15) is 0 Å². The first kappa shape index (κ1) is 15.6. The number of amides is 3. The second-order valence-corrected chi connectivity index (χ2v) is 6.49. The summed E-state index contributed by atoms with van der Waals surface area (Å²) in [6.07, 6.45) is 1.06. The normalized spacial score (nSPS) is 22.6. The fourth-order valence-electron chi connectivity index (χ4n) is 3.20. The first-order valence-electron chi connectivity index (χ1n) is 7.79. The third-order valence-electron chi connectivity index (χ3n) is 4.58. The van der Waals surface area contributed by atoms with Crippen molar-refractivity contribution in [2.75, 3.05) is 0 Å². The third kappa shape index (κ3) is 2.52. The molecule has 3 amide bonds. The van der Waals surface area contributed by atoms with Gasteiger partial charge < -0.3 is 5.32 Å². The van der Waals surface area contributed by atoms with Crippen LogP contribution < -0.4 is 5.32 Å². The Morgan fingerprint density at radius 3 is 2.48 bits per heavy atom. The molecule has 1 N–H and O–H groups in total. The number of nitrogens with one attached hydrogen (secondary N) is 1. The zero-order valence-corrected chi connectivity index (χ0v) is 13.1. The summed E-state index contributed by atoms with van der Waals surface area (Å²) in [4.78, 5) is 37.9. The van der Waals surface area contributed by atoms with Crippen LogP contribution in [0.3, 0.4) is 0 Å². The van der Waals surface area contributed by atoms with Gasteiger partial charge in [-0.3, -0.25) is 19.3 Å². The van der Waals surface area contributed by atoms with Crippen LogP contribution in [0.25, 0.3) is 0 Å². The van der Waals surface area contributed by atoms with Crippen LogP contribution in [0.15, 0.2) is 24.3 Å². The topological polar surface area (TPSA) is 66.5 Å². The summed E-state index contributed by atoms with van der Waals surface area (Å²) in [5.41, 5.74) is -0.546. The fraction of sp³-hybridized carbons (Fsp3) is 0.471. The lowest BCUT2D eigenvalue weighted by molar-refractivity contribution is -0.141. The second-order valence-electron chi connectivity index (χ2n) is 6.49. The van der Waals surface area contributed by atoms with Crippen molar-refractivity contribution in [1.29, 1.82) is 0 Å². The van der Waals surface area contributed by atoms with Gasteiger partial charge in [0.05, 0.1) is 11.8 Å². The van der Waals surface area contributed by atoms with Gasteiger partial charge in [0.15, 0.2) is 0 Å². The molecular formula is C17H19FN2O3. The van der Waals surface area contributed by atoms with Crippen molar-refractivity contribution in [1.82, 2.24) is 10.2 Å². The molecule has 1 saturated carbocycles. The summed E-state index contributed by atoms with van der Waals surface area (Å²) in [7, 11) is 0. The minimum absolute atomic E-state index is 0.0316. The van der Waals surface area contributed by atoms with Crippen LogP contribution in [-0.4, -0.2) is 34.7 Å². The number of hydrogen-bond donors (Lipinski definition) is 1. The largest absolute Gasteiger partial charge is 0.343 e. The average molecular weight is 318 g/mol. The number of halogens is 1. The molecule has 1 aromatic rings. The molecule has 23 heavy (non-hydrogen) atoms. The number of likely N-dealkylation sites (tertiary alicyclic amines) is 1. The van der Waals surface area contributed by atoms with E-state index in [1.165, 1.54) is 11.0 Å². The van der Waals surface area contributed by atoms with Gasteiger partial charge in [-0.1, -0.05) is 18.2 Å². The highest BCUT2D eigenvalue weighted by Gasteiger charge is 2.54. The van der Waals surface area contributed by atoms with E-state index in [9.17, 15) is 18.8 Å². The zero-order chi connectivity index (χ0) is 16.8. The van der Waals surface area contributed by atoms with Gasteiger partial charge in [0.1, 0.15) is 11.9 Å². The van der Waals surface area contributed by atoms with E-state index in [1.807, 2.05) is 0 Å². The summed E-state index contributed by atoms with van der Waals surface area (Å²) in [6, 6.07) is 5.11. The fourth-order valence-corrected chi connectivity index (χ4v) is 3.20. The Balaban J connectivity index is 1.77. The van der Waals surface area contributed by atoms with Crippen molar-refractivity contribution in [2.45, 2.75) is 50.6 Å². The number of rotatable bonds is 4. The van der Waals surface area contributed by atoms with E-state index in [2.05, 4.69) is 5.32 Å². The average Bonchev–Trinajstić information content (AvgIpc) is 3.23. The first-order chi connectivity index (χ1) is 10.9. The minimum atomic E-state index is -0.903. The molecule has 1 saturated heterocycles. The lowest BCUT2D eigenvalue weighted by Crippen LogP contribution is -2.47. The molecule has 2 aliphatic rings. The number of benzene rings is 1. The highest BCUT2D eigenvalue weighted by Crippen LogP contribution is 2.49. The van der Waals surface area contributed by atoms with Crippen molar-refractivity contribution < 1.29 is 18.8 Å². The van der Waals surface area contributed by atoms with Crippen LogP contribution in [0.1, 0.15) is 38.7 Å². The van der Waals surface area contributed by atoms with Gasteiger partial charge in [-0.15, -0.1) is 0 Å². The lowest BCUT2D eigenvalue weighted by atomic mass is 9.94. The summed E-state index contributed by atoms with van der Waals surface area (Å²) in [5, 5.41) is 2.65. The Morgan fingerprint density at radius 1 is 1.30 bits per heavy atom. The standard InChI is InChI=1S/C17H19FN2O3/c1-10(2)20-14(21)9-13(15(20)22)19-16(23)17(7-8-17)11-5-3-4-6-12(11)18/h3-6,10,13H,7-9H2,1-2H3,(H,19,23). The summed E-state index contributed by atoms with van der Waals surface area (Å²) >= 11 is 0. The van der Waals surface area contributed by atoms with Crippen molar-refractivity contribution in [3.8, 4) is 0 Å². The molecule has 2 fully saturated rings. The van der Waals surface area contributed by atoms with Gasteiger partial charge >= 0.3 is 0 Å². The molecule has 1 unspecified atom stereocenters. The maximum absolute atomic E-state index is 14.0. The molecule has 3 rings (SSSR count). The van der Waals surface area contributed by atoms with E-state index < -0.39 is 17.3 Å². The van der Waals surface area contributed by atoms with E-state index in [-0.39, 0.29) is 30.2 Å². The van der Waals surface area contributed by atoms with Crippen LogP contribution in [0.4, 0.5) is 4.39 Å². The molecule has 1 aliphatic heterocycles. The minimum Gasteiger partial charge on any atom is -0.343 e. The van der Waals surface area contributed by atoms with E-state index in [0.29, 0.717) is 18.4 Å². The van der Waals surface area contributed by atoms with Crippen LogP contribution in [0.5, 0.6) is 0 Å². The molecule has 5 nitrogen and oxygen atoms in total. The van der Waals surface area contributed by atoms with Crippen molar-refractivity contribution in [2.24, 2.45) is 0 Å². The van der Waals surface area contributed by atoms with Crippen molar-refractivity contribution >= 4 is 17.7 Å². The summed E-state index contributed by atoms with van der Waals surface area (Å²) in [5.74, 6) is -1.47. The SMILES string of the molecule is CC(C)N1C(=O)CC(NC(=O)C2(c3ccccc3F)CC2)C1=O. The third-order valence-corrected chi connectivity index (χ3v) is 4.58. The highest BCUT2D eigenvalue weighted by molar-refractivity contribution is 6.08. The molecule has 0 aromatic heterocycles. The first-order valence-corrected chi connectivity index (χ1v) is 7.79. The number of nitrogens with zero attached hydrogens (tertiary/aromatic N) is 1. The molecule has 0 bridgehead atoms. The monoisotopic (exact) mass is 318 g/mol. The number of imide groups is 1. The molecule has 1 heterocycles. The summed E-state index contributed by atoms with van der Waals surface area (Å²) < 4.78 is 14.0. The molecule has 1 aliphatic carbocycles. The van der Waals surface area contributed by atoms with E-state index >= 15 is 0 Å². The molecule has 6 heteroatoms. The highest BCUT2D eigenvalue weighted by atomic mass is 19.1. The van der Waals surface area contributed by atoms with Crippen LogP contribution in [0.2, 0.25) is 0 Å². The van der Waals surface area contributed by atoms with E-state index in [4.69, 9.17) is 0 Å². The van der Waals surface area contributed by atoms with Gasteiger partial charge in [0, 0.05) is 11.6 Å². The number of carbonyl (C=O) groups excluding carboxylic acids is 3. The van der Waals surface area contributed by atoms with E-state index in [1.54, 1.807) is 32.0 Å². The van der Waals surface area contributed by atoms with Crippen molar-refractivity contribution in [3.63, 3.8) is 0 Å². The molecule has 0 spiro atoms. The maximum Gasteiger partial charge on any atom is 0.252 e. The number of carbonyl (C=O) groups is 3. The Bertz CT molecular complexity index is 682. The molecule has 122 valence electrons. The van der Waals surface area contributed by atoms with Crippen LogP contribution in [-0.2, 0) is 19.8 Å². The Kier molecular flexibility index (Phi) is 3.70. The van der Waals surface area contributed by atoms with Crippen LogP contribution >= 0.6 is 0 Å². The predicted octanol–water partition coefficient (Wildman–Crippen LogP) is 1.51. The lowest BCUT2D eigenvalue weighted by Gasteiger charge is -2.21. The summed E-state index contributed by atoms with van der Waals surface area (Å²) in [6.45, 7) is 3.50. The Hall–Kier alpha value is -2.24. The second kappa shape index (κ2) is 5.44. The molecule has 0 radical (unpaired) electrons.